The Hall–Kier alpha value is -3.54. The Morgan fingerprint density at radius 2 is 1.68 bits per heavy atom. The van der Waals surface area contributed by atoms with Gasteiger partial charge in [-0.2, -0.15) is 0 Å². The summed E-state index contributed by atoms with van der Waals surface area (Å²) in [5, 5.41) is 12.8. The standard InChI is InChI=1S/C22H19NO5/c1-2-28-22(25)20(21(24)16-10-12-18(13-11-16)23(26)27)14-17-8-5-7-15-6-3-4-9-19(15)17/h3-13,20H,2,14H2,1H3. The molecule has 0 aliphatic carbocycles. The summed E-state index contributed by atoms with van der Waals surface area (Å²) in [5.41, 5.74) is 0.994. The Morgan fingerprint density at radius 1 is 1.00 bits per heavy atom. The summed E-state index contributed by atoms with van der Waals surface area (Å²) in [6.45, 7) is 1.85. The average Bonchev–Trinajstić information content (AvgIpc) is 2.71. The molecule has 3 aromatic carbocycles. The predicted molar refractivity (Wildman–Crippen MR) is 105 cm³/mol. The first-order valence-corrected chi connectivity index (χ1v) is 8.93. The molecule has 0 N–H and O–H groups in total. The van der Waals surface area contributed by atoms with Crippen LogP contribution in [0.25, 0.3) is 10.8 Å². The molecule has 0 aromatic heterocycles. The fourth-order valence-corrected chi connectivity index (χ4v) is 3.16. The maximum absolute atomic E-state index is 13.0. The smallest absolute Gasteiger partial charge is 0.317 e. The van der Waals surface area contributed by atoms with Gasteiger partial charge < -0.3 is 4.74 Å². The molecule has 0 bridgehead atoms. The van der Waals surface area contributed by atoms with Gasteiger partial charge in [0.05, 0.1) is 11.5 Å². The highest BCUT2D eigenvalue weighted by atomic mass is 16.6. The van der Waals surface area contributed by atoms with E-state index in [1.165, 1.54) is 24.3 Å². The van der Waals surface area contributed by atoms with Crippen molar-refractivity contribution in [1.29, 1.82) is 0 Å². The highest BCUT2D eigenvalue weighted by Crippen LogP contribution is 2.24. The number of nitrogens with zero attached hydrogens (tertiary/aromatic N) is 1. The van der Waals surface area contributed by atoms with Crippen LogP contribution in [0.2, 0.25) is 0 Å². The van der Waals surface area contributed by atoms with Crippen LogP contribution in [0, 0.1) is 16.0 Å². The van der Waals surface area contributed by atoms with Crippen LogP contribution in [0.5, 0.6) is 0 Å². The molecule has 1 atom stereocenters. The van der Waals surface area contributed by atoms with Crippen molar-refractivity contribution < 1.29 is 19.2 Å². The zero-order valence-electron chi connectivity index (χ0n) is 15.3. The summed E-state index contributed by atoms with van der Waals surface area (Å²) in [6.07, 6.45) is 0.190. The molecular weight excluding hydrogens is 358 g/mol. The van der Waals surface area contributed by atoms with Crippen molar-refractivity contribution in [2.24, 2.45) is 5.92 Å². The second kappa shape index (κ2) is 8.43. The summed E-state index contributed by atoms with van der Waals surface area (Å²) < 4.78 is 5.12. The maximum Gasteiger partial charge on any atom is 0.317 e. The lowest BCUT2D eigenvalue weighted by Crippen LogP contribution is -2.28. The minimum atomic E-state index is -1.02. The predicted octanol–water partition coefficient (Wildman–Crippen LogP) is 4.35. The molecule has 0 fully saturated rings. The van der Waals surface area contributed by atoms with E-state index in [1.807, 2.05) is 42.5 Å². The van der Waals surface area contributed by atoms with Crippen molar-refractivity contribution in [2.45, 2.75) is 13.3 Å². The van der Waals surface area contributed by atoms with E-state index >= 15 is 0 Å². The van der Waals surface area contributed by atoms with E-state index in [-0.39, 0.29) is 24.3 Å². The van der Waals surface area contributed by atoms with Crippen LogP contribution in [0.1, 0.15) is 22.8 Å². The second-order valence-electron chi connectivity index (χ2n) is 6.32. The molecule has 0 aliphatic heterocycles. The van der Waals surface area contributed by atoms with Crippen molar-refractivity contribution in [2.75, 3.05) is 6.61 Å². The molecule has 0 aliphatic rings. The number of benzene rings is 3. The topological polar surface area (TPSA) is 86.5 Å². The first kappa shape index (κ1) is 19.2. The zero-order valence-corrected chi connectivity index (χ0v) is 15.3. The number of Topliss-reactive ketones (excluding diaryl/α,β-unsaturated/α-hetero) is 1. The lowest BCUT2D eigenvalue weighted by Gasteiger charge is -2.16. The van der Waals surface area contributed by atoms with E-state index in [0.29, 0.717) is 0 Å². The van der Waals surface area contributed by atoms with Crippen molar-refractivity contribution in [1.82, 2.24) is 0 Å². The number of esters is 1. The van der Waals surface area contributed by atoms with E-state index in [1.54, 1.807) is 6.92 Å². The minimum Gasteiger partial charge on any atom is -0.465 e. The molecule has 0 heterocycles. The molecule has 0 spiro atoms. The van der Waals surface area contributed by atoms with Gasteiger partial charge in [0.15, 0.2) is 5.78 Å². The molecule has 28 heavy (non-hydrogen) atoms. The summed E-state index contributed by atoms with van der Waals surface area (Å²) in [6, 6.07) is 18.7. The van der Waals surface area contributed by atoms with E-state index in [2.05, 4.69) is 0 Å². The molecule has 0 saturated heterocycles. The van der Waals surface area contributed by atoms with Crippen LogP contribution < -0.4 is 0 Å². The van der Waals surface area contributed by atoms with Gasteiger partial charge >= 0.3 is 5.97 Å². The highest BCUT2D eigenvalue weighted by Gasteiger charge is 2.30. The van der Waals surface area contributed by atoms with E-state index < -0.39 is 22.6 Å². The molecule has 6 nitrogen and oxygen atoms in total. The van der Waals surface area contributed by atoms with E-state index in [0.717, 1.165) is 16.3 Å². The first-order chi connectivity index (χ1) is 13.5. The van der Waals surface area contributed by atoms with Gasteiger partial charge in [0.25, 0.3) is 5.69 Å². The number of nitro groups is 1. The fourth-order valence-electron chi connectivity index (χ4n) is 3.16. The molecule has 0 saturated carbocycles. The van der Waals surface area contributed by atoms with Crippen molar-refractivity contribution in [3.63, 3.8) is 0 Å². The number of ether oxygens (including phenoxy) is 1. The Bertz CT molecular complexity index is 1020. The number of ketones is 1. The third-order valence-electron chi connectivity index (χ3n) is 4.55. The zero-order chi connectivity index (χ0) is 20.1. The van der Waals surface area contributed by atoms with Crippen LogP contribution in [0.15, 0.2) is 66.7 Å². The quantitative estimate of drug-likeness (QED) is 0.201. The Labute approximate surface area is 161 Å². The lowest BCUT2D eigenvalue weighted by atomic mass is 9.89. The van der Waals surface area contributed by atoms with Gasteiger partial charge in [0.1, 0.15) is 5.92 Å². The number of hydrogen-bond donors (Lipinski definition) is 0. The van der Waals surface area contributed by atoms with Crippen LogP contribution in [0.4, 0.5) is 5.69 Å². The van der Waals surface area contributed by atoms with Crippen LogP contribution in [-0.4, -0.2) is 23.3 Å². The Morgan fingerprint density at radius 3 is 2.36 bits per heavy atom. The Balaban J connectivity index is 1.95. The van der Waals surface area contributed by atoms with Gasteiger partial charge in [-0.1, -0.05) is 42.5 Å². The van der Waals surface area contributed by atoms with E-state index in [4.69, 9.17) is 4.74 Å². The van der Waals surface area contributed by atoms with Crippen molar-refractivity contribution in [3.8, 4) is 0 Å². The number of rotatable bonds is 7. The molecule has 3 aromatic rings. The minimum absolute atomic E-state index is 0.113. The van der Waals surface area contributed by atoms with Crippen molar-refractivity contribution >= 4 is 28.2 Å². The molecular formula is C22H19NO5. The number of nitro benzene ring substituents is 1. The largest absolute Gasteiger partial charge is 0.465 e. The third kappa shape index (κ3) is 4.06. The second-order valence-corrected chi connectivity index (χ2v) is 6.32. The molecule has 1 unspecified atom stereocenters. The molecule has 0 radical (unpaired) electrons. The maximum atomic E-state index is 13.0. The Kier molecular flexibility index (Phi) is 5.79. The average molecular weight is 377 g/mol. The summed E-state index contributed by atoms with van der Waals surface area (Å²) >= 11 is 0. The van der Waals surface area contributed by atoms with Crippen LogP contribution in [-0.2, 0) is 16.0 Å². The molecule has 142 valence electrons. The van der Waals surface area contributed by atoms with Gasteiger partial charge in [-0.05, 0) is 41.8 Å². The highest BCUT2D eigenvalue weighted by molar-refractivity contribution is 6.09. The normalized spacial score (nSPS) is 11.8. The number of fused-ring (bicyclic) bond motifs is 1. The first-order valence-electron chi connectivity index (χ1n) is 8.93. The van der Waals surface area contributed by atoms with Gasteiger partial charge in [0, 0.05) is 17.7 Å². The van der Waals surface area contributed by atoms with Gasteiger partial charge in [-0.25, -0.2) is 0 Å². The number of carbonyl (C=O) groups is 2. The number of carbonyl (C=O) groups excluding carboxylic acids is 2. The number of hydrogen-bond acceptors (Lipinski definition) is 5. The molecule has 0 amide bonds. The summed E-state index contributed by atoms with van der Waals surface area (Å²) in [4.78, 5) is 35.8. The van der Waals surface area contributed by atoms with Crippen molar-refractivity contribution in [3.05, 3.63) is 88.0 Å². The molecule has 3 rings (SSSR count). The SMILES string of the molecule is CCOC(=O)C(Cc1cccc2ccccc12)C(=O)c1ccc([N+](=O)[O-])cc1. The summed E-state index contributed by atoms with van der Waals surface area (Å²) in [7, 11) is 0. The van der Waals surface area contributed by atoms with Crippen LogP contribution in [0.3, 0.4) is 0 Å². The van der Waals surface area contributed by atoms with Gasteiger partial charge in [-0.15, -0.1) is 0 Å². The molecule has 6 heteroatoms. The summed E-state index contributed by atoms with van der Waals surface area (Å²) in [5.74, 6) is -2.03. The third-order valence-corrected chi connectivity index (χ3v) is 4.55. The van der Waals surface area contributed by atoms with Gasteiger partial charge in [0.2, 0.25) is 0 Å². The lowest BCUT2D eigenvalue weighted by molar-refractivity contribution is -0.384. The fraction of sp³-hybridized carbons (Fsp3) is 0.182. The number of non-ortho nitro benzene ring substituents is 1. The van der Waals surface area contributed by atoms with Gasteiger partial charge in [-0.3, -0.25) is 19.7 Å². The monoisotopic (exact) mass is 377 g/mol. The van der Waals surface area contributed by atoms with Crippen LogP contribution >= 0.6 is 0 Å². The van der Waals surface area contributed by atoms with E-state index in [9.17, 15) is 19.7 Å².